The quantitative estimate of drug-likeness (QED) is 0.784. The van der Waals surface area contributed by atoms with Crippen molar-refractivity contribution in [1.82, 2.24) is 4.90 Å². The molecule has 1 spiro atoms. The zero-order valence-corrected chi connectivity index (χ0v) is 14.2. The van der Waals surface area contributed by atoms with E-state index in [1.165, 1.54) is 0 Å². The van der Waals surface area contributed by atoms with Gasteiger partial charge >= 0.3 is 0 Å². The van der Waals surface area contributed by atoms with Gasteiger partial charge in [-0.05, 0) is 51.2 Å². The molecule has 0 aliphatic carbocycles. The van der Waals surface area contributed by atoms with E-state index < -0.39 is 0 Å². The molecule has 2 heterocycles. The van der Waals surface area contributed by atoms with E-state index >= 15 is 0 Å². The first-order chi connectivity index (χ1) is 11.1. The predicted molar refractivity (Wildman–Crippen MR) is 89.6 cm³/mol. The Bertz CT molecular complexity index is 551. The summed E-state index contributed by atoms with van der Waals surface area (Å²) in [5.74, 6) is 0.783. The minimum atomic E-state index is -0.103. The van der Waals surface area contributed by atoms with Crippen LogP contribution in [0.3, 0.4) is 0 Å². The summed E-state index contributed by atoms with van der Waals surface area (Å²) in [6, 6.07) is 7.81. The van der Waals surface area contributed by atoms with Gasteiger partial charge in [0.1, 0.15) is 5.60 Å². The lowest BCUT2D eigenvalue weighted by atomic mass is 9.79. The van der Waals surface area contributed by atoms with Crippen molar-refractivity contribution in [2.75, 3.05) is 32.9 Å². The number of benzene rings is 1. The van der Waals surface area contributed by atoms with Crippen LogP contribution >= 0.6 is 0 Å². The van der Waals surface area contributed by atoms with E-state index in [0.29, 0.717) is 5.92 Å². The Morgan fingerprint density at radius 3 is 3.00 bits per heavy atom. The molecule has 23 heavy (non-hydrogen) atoms. The Labute approximate surface area is 138 Å². The molecule has 1 aromatic carbocycles. The van der Waals surface area contributed by atoms with Gasteiger partial charge in [-0.25, -0.2) is 0 Å². The van der Waals surface area contributed by atoms with Gasteiger partial charge in [-0.1, -0.05) is 17.7 Å². The third-order valence-electron chi connectivity index (χ3n) is 4.98. The van der Waals surface area contributed by atoms with Gasteiger partial charge in [-0.15, -0.1) is 0 Å². The van der Waals surface area contributed by atoms with Gasteiger partial charge in [0, 0.05) is 25.4 Å². The average Bonchev–Trinajstić information content (AvgIpc) is 2.52. The molecule has 0 N–H and O–H groups in total. The van der Waals surface area contributed by atoms with Crippen molar-refractivity contribution in [2.24, 2.45) is 5.92 Å². The number of carbonyl (C=O) groups is 1. The maximum atomic E-state index is 12.5. The predicted octanol–water partition coefficient (Wildman–Crippen LogP) is 3.04. The van der Waals surface area contributed by atoms with Crippen molar-refractivity contribution in [3.63, 3.8) is 0 Å². The lowest BCUT2D eigenvalue weighted by molar-refractivity contribution is -0.167. The zero-order chi connectivity index (χ0) is 16.3. The SMILES string of the molecule is CCOCC[C@H]1CCOC2(C1)CN(C(=O)c1cccc(C)c1)C2. The van der Waals surface area contributed by atoms with E-state index in [1.54, 1.807) is 0 Å². The summed E-state index contributed by atoms with van der Waals surface area (Å²) in [6.07, 6.45) is 3.27. The molecule has 2 saturated heterocycles. The van der Waals surface area contributed by atoms with Gasteiger partial charge in [0.15, 0.2) is 0 Å². The van der Waals surface area contributed by atoms with Gasteiger partial charge in [0.25, 0.3) is 5.91 Å². The largest absolute Gasteiger partial charge is 0.382 e. The second-order valence-electron chi connectivity index (χ2n) is 6.91. The molecule has 2 fully saturated rings. The van der Waals surface area contributed by atoms with Crippen LogP contribution in [0.1, 0.15) is 42.1 Å². The fourth-order valence-electron chi connectivity index (χ4n) is 3.74. The minimum Gasteiger partial charge on any atom is -0.382 e. The molecule has 3 rings (SSSR count). The first kappa shape index (κ1) is 16.5. The summed E-state index contributed by atoms with van der Waals surface area (Å²) < 4.78 is 11.5. The highest BCUT2D eigenvalue weighted by atomic mass is 16.5. The van der Waals surface area contributed by atoms with Gasteiger partial charge in [0.2, 0.25) is 0 Å². The molecule has 1 atom stereocenters. The molecule has 4 heteroatoms. The number of ether oxygens (including phenoxy) is 2. The summed E-state index contributed by atoms with van der Waals surface area (Å²) in [5.41, 5.74) is 1.80. The Morgan fingerprint density at radius 1 is 1.43 bits per heavy atom. The highest BCUT2D eigenvalue weighted by Gasteiger charge is 2.49. The van der Waals surface area contributed by atoms with Crippen LogP contribution in [-0.4, -0.2) is 49.3 Å². The molecule has 0 saturated carbocycles. The van der Waals surface area contributed by atoms with Gasteiger partial charge in [0.05, 0.1) is 13.1 Å². The highest BCUT2D eigenvalue weighted by Crippen LogP contribution is 2.38. The molecular weight excluding hydrogens is 290 g/mol. The van der Waals surface area contributed by atoms with Gasteiger partial charge in [-0.2, -0.15) is 0 Å². The number of hydrogen-bond acceptors (Lipinski definition) is 3. The summed E-state index contributed by atoms with van der Waals surface area (Å²) in [6.45, 7) is 7.93. The van der Waals surface area contributed by atoms with Crippen molar-refractivity contribution in [3.05, 3.63) is 35.4 Å². The number of carbonyl (C=O) groups excluding carboxylic acids is 1. The van der Waals surface area contributed by atoms with Gasteiger partial charge < -0.3 is 14.4 Å². The van der Waals surface area contributed by atoms with Crippen LogP contribution in [0.25, 0.3) is 0 Å². The highest BCUT2D eigenvalue weighted by molar-refractivity contribution is 5.95. The molecule has 2 aliphatic rings. The fraction of sp³-hybridized carbons (Fsp3) is 0.632. The lowest BCUT2D eigenvalue weighted by Crippen LogP contribution is -2.66. The van der Waals surface area contributed by atoms with Crippen LogP contribution in [0, 0.1) is 12.8 Å². The third-order valence-corrected chi connectivity index (χ3v) is 4.98. The normalized spacial score (nSPS) is 22.9. The standard InChI is InChI=1S/C19H27NO3/c1-3-22-9-7-16-8-10-23-19(12-16)13-20(14-19)18(21)17-6-4-5-15(2)11-17/h4-6,11,16H,3,7-10,12-14H2,1-2H3/t16-/m0/s1. The Balaban J connectivity index is 1.53. The maximum Gasteiger partial charge on any atom is 0.254 e. The second-order valence-corrected chi connectivity index (χ2v) is 6.91. The average molecular weight is 317 g/mol. The van der Waals surface area contributed by atoms with Crippen molar-refractivity contribution in [3.8, 4) is 0 Å². The number of hydrogen-bond donors (Lipinski definition) is 0. The fourth-order valence-corrected chi connectivity index (χ4v) is 3.74. The molecule has 4 nitrogen and oxygen atoms in total. The van der Waals surface area contributed by atoms with E-state index in [0.717, 1.165) is 63.3 Å². The number of likely N-dealkylation sites (tertiary alicyclic amines) is 1. The molecule has 126 valence electrons. The van der Waals surface area contributed by atoms with Crippen LogP contribution in [0.15, 0.2) is 24.3 Å². The Kier molecular flexibility index (Phi) is 5.02. The van der Waals surface area contributed by atoms with Crippen molar-refractivity contribution in [1.29, 1.82) is 0 Å². The van der Waals surface area contributed by atoms with E-state index in [-0.39, 0.29) is 11.5 Å². The topological polar surface area (TPSA) is 38.8 Å². The maximum absolute atomic E-state index is 12.5. The molecular formula is C19H27NO3. The first-order valence-electron chi connectivity index (χ1n) is 8.69. The van der Waals surface area contributed by atoms with Gasteiger partial charge in [-0.3, -0.25) is 4.79 Å². The van der Waals surface area contributed by atoms with Crippen LogP contribution in [0.4, 0.5) is 0 Å². The molecule has 0 radical (unpaired) electrons. The Morgan fingerprint density at radius 2 is 2.26 bits per heavy atom. The van der Waals surface area contributed by atoms with Crippen LogP contribution in [0.2, 0.25) is 0 Å². The second kappa shape index (κ2) is 7.02. The van der Waals surface area contributed by atoms with Crippen molar-refractivity contribution >= 4 is 5.91 Å². The molecule has 0 bridgehead atoms. The van der Waals surface area contributed by atoms with Crippen LogP contribution < -0.4 is 0 Å². The summed E-state index contributed by atoms with van der Waals surface area (Å²) in [7, 11) is 0. The molecule has 0 unspecified atom stereocenters. The number of aryl methyl sites for hydroxylation is 1. The minimum absolute atomic E-state index is 0.103. The summed E-state index contributed by atoms with van der Waals surface area (Å²) >= 11 is 0. The molecule has 0 aromatic heterocycles. The summed E-state index contributed by atoms with van der Waals surface area (Å²) in [4.78, 5) is 14.5. The van der Waals surface area contributed by atoms with Crippen molar-refractivity contribution in [2.45, 2.75) is 38.7 Å². The van der Waals surface area contributed by atoms with E-state index in [9.17, 15) is 4.79 Å². The number of amides is 1. The van der Waals surface area contributed by atoms with E-state index in [2.05, 4.69) is 0 Å². The van der Waals surface area contributed by atoms with E-state index in [4.69, 9.17) is 9.47 Å². The van der Waals surface area contributed by atoms with Crippen LogP contribution in [0.5, 0.6) is 0 Å². The van der Waals surface area contributed by atoms with Crippen LogP contribution in [-0.2, 0) is 9.47 Å². The molecule has 1 aromatic rings. The zero-order valence-electron chi connectivity index (χ0n) is 14.2. The van der Waals surface area contributed by atoms with E-state index in [1.807, 2.05) is 43.0 Å². The monoisotopic (exact) mass is 317 g/mol. The third kappa shape index (κ3) is 3.75. The molecule has 2 aliphatic heterocycles. The summed E-state index contributed by atoms with van der Waals surface area (Å²) in [5, 5.41) is 0. The Hall–Kier alpha value is -1.39. The number of nitrogens with zero attached hydrogens (tertiary/aromatic N) is 1. The smallest absolute Gasteiger partial charge is 0.254 e. The molecule has 1 amide bonds. The first-order valence-corrected chi connectivity index (χ1v) is 8.69. The lowest BCUT2D eigenvalue weighted by Gasteiger charge is -2.53. The van der Waals surface area contributed by atoms with Crippen molar-refractivity contribution < 1.29 is 14.3 Å². The number of rotatable bonds is 5.